The topological polar surface area (TPSA) is 44.3 Å². The second-order valence-corrected chi connectivity index (χ2v) is 7.00. The van der Waals surface area contributed by atoms with Gasteiger partial charge in [-0.3, -0.25) is 0 Å². The van der Waals surface area contributed by atoms with Crippen LogP contribution in [0.2, 0.25) is 0 Å². The predicted octanol–water partition coefficient (Wildman–Crippen LogP) is 2.14. The molecule has 0 amide bonds. The summed E-state index contributed by atoms with van der Waals surface area (Å²) in [5, 5.41) is 3.56. The maximum Gasteiger partial charge on any atom is 0.225 e. The number of nitrogens with zero attached hydrogens (tertiary/aromatic N) is 4. The van der Waals surface area contributed by atoms with Gasteiger partial charge in [0.1, 0.15) is 5.82 Å². The van der Waals surface area contributed by atoms with Crippen LogP contribution in [0.5, 0.6) is 0 Å². The quantitative estimate of drug-likeness (QED) is 0.923. The molecule has 2 aliphatic rings. The van der Waals surface area contributed by atoms with Crippen molar-refractivity contribution in [1.29, 1.82) is 0 Å². The molecule has 1 aromatic heterocycles. The highest BCUT2D eigenvalue weighted by Gasteiger charge is 2.22. The Bertz CT molecular complexity index is 725. The van der Waals surface area contributed by atoms with Crippen molar-refractivity contribution in [3.05, 3.63) is 53.1 Å². The molecule has 1 aromatic carbocycles. The number of aryl methyl sites for hydroxylation is 1. The lowest BCUT2D eigenvalue weighted by Crippen LogP contribution is -2.45. The molecule has 1 aliphatic heterocycles. The summed E-state index contributed by atoms with van der Waals surface area (Å²) in [6, 6.07) is 5.40. The Morgan fingerprint density at radius 1 is 1.16 bits per heavy atom. The van der Waals surface area contributed by atoms with Crippen molar-refractivity contribution in [3.63, 3.8) is 0 Å². The second kappa shape index (κ2) is 7.06. The number of anilines is 1. The number of piperazine rings is 1. The van der Waals surface area contributed by atoms with E-state index >= 15 is 0 Å². The highest BCUT2D eigenvalue weighted by Crippen LogP contribution is 2.31. The number of rotatable bonds is 4. The van der Waals surface area contributed by atoms with Crippen LogP contribution in [-0.4, -0.2) is 48.1 Å². The first kappa shape index (κ1) is 16.4. The maximum atomic E-state index is 13.3. The van der Waals surface area contributed by atoms with Gasteiger partial charge in [0.15, 0.2) is 0 Å². The monoisotopic (exact) mass is 341 g/mol. The third-order valence-corrected chi connectivity index (χ3v) is 5.21. The van der Waals surface area contributed by atoms with Crippen LogP contribution < -0.4 is 10.2 Å². The molecule has 25 heavy (non-hydrogen) atoms. The first-order valence-corrected chi connectivity index (χ1v) is 8.95. The Morgan fingerprint density at radius 2 is 1.92 bits per heavy atom. The van der Waals surface area contributed by atoms with Gasteiger partial charge in [0.05, 0.1) is 0 Å². The normalized spacial score (nSPS) is 20.7. The summed E-state index contributed by atoms with van der Waals surface area (Å²) < 4.78 is 13.3. The van der Waals surface area contributed by atoms with E-state index in [4.69, 9.17) is 0 Å². The summed E-state index contributed by atoms with van der Waals surface area (Å²) in [5.41, 5.74) is 3.42. The van der Waals surface area contributed by atoms with Crippen LogP contribution >= 0.6 is 0 Å². The Kier molecular flexibility index (Phi) is 4.63. The molecular weight excluding hydrogens is 317 g/mol. The lowest BCUT2D eigenvalue weighted by atomic mass is 10.1. The van der Waals surface area contributed by atoms with Crippen LogP contribution in [0.15, 0.2) is 30.6 Å². The molecule has 5 nitrogen and oxygen atoms in total. The summed E-state index contributed by atoms with van der Waals surface area (Å²) in [5.74, 6) is 0.672. The van der Waals surface area contributed by atoms with Gasteiger partial charge >= 0.3 is 0 Å². The number of halogens is 1. The van der Waals surface area contributed by atoms with Crippen molar-refractivity contribution < 1.29 is 4.39 Å². The summed E-state index contributed by atoms with van der Waals surface area (Å²) >= 11 is 0. The van der Waals surface area contributed by atoms with Gasteiger partial charge in [-0.1, -0.05) is 6.07 Å². The standard InChI is InChI=1S/C19H24FN5/c1-24-6-8-25(9-7-24)19-22-12-14(13-23-19)11-21-18-5-2-15-10-16(20)3-4-17(15)18/h3-4,10,12-13,18,21H,2,5-9,11H2,1H3/t18-/m1/s1. The number of nitrogens with one attached hydrogen (secondary N) is 1. The molecule has 6 heteroatoms. The van der Waals surface area contributed by atoms with Gasteiger partial charge in [-0.05, 0) is 43.1 Å². The van der Waals surface area contributed by atoms with Gasteiger partial charge in [-0.25, -0.2) is 14.4 Å². The van der Waals surface area contributed by atoms with E-state index < -0.39 is 0 Å². The summed E-state index contributed by atoms with van der Waals surface area (Å²) in [6.45, 7) is 4.78. The highest BCUT2D eigenvalue weighted by atomic mass is 19.1. The van der Waals surface area contributed by atoms with Gasteiger partial charge in [-0.15, -0.1) is 0 Å². The van der Waals surface area contributed by atoms with E-state index in [0.717, 1.165) is 62.6 Å². The Labute approximate surface area is 147 Å². The summed E-state index contributed by atoms with van der Waals surface area (Å²) in [7, 11) is 2.14. The van der Waals surface area contributed by atoms with E-state index in [1.807, 2.05) is 18.5 Å². The lowest BCUT2D eigenvalue weighted by Gasteiger charge is -2.32. The molecule has 132 valence electrons. The lowest BCUT2D eigenvalue weighted by molar-refractivity contribution is 0.311. The third-order valence-electron chi connectivity index (χ3n) is 5.21. The van der Waals surface area contributed by atoms with Crippen LogP contribution in [0.25, 0.3) is 0 Å². The minimum atomic E-state index is -0.146. The van der Waals surface area contributed by atoms with Crippen molar-refractivity contribution in [2.75, 3.05) is 38.1 Å². The molecule has 0 radical (unpaired) electrons. The fraction of sp³-hybridized carbons (Fsp3) is 0.474. The number of aromatic nitrogens is 2. The minimum absolute atomic E-state index is 0.146. The largest absolute Gasteiger partial charge is 0.338 e. The molecule has 0 saturated carbocycles. The Morgan fingerprint density at radius 3 is 2.68 bits per heavy atom. The first-order valence-electron chi connectivity index (χ1n) is 8.95. The van der Waals surface area contributed by atoms with Crippen LogP contribution in [0, 0.1) is 5.82 Å². The first-order chi connectivity index (χ1) is 12.2. The zero-order valence-corrected chi connectivity index (χ0v) is 14.6. The average Bonchev–Trinajstić information content (AvgIpc) is 3.03. The van der Waals surface area contributed by atoms with Crippen molar-refractivity contribution in [1.82, 2.24) is 20.2 Å². The number of benzene rings is 1. The van der Waals surface area contributed by atoms with Crippen LogP contribution in [0.3, 0.4) is 0 Å². The van der Waals surface area contributed by atoms with Gasteiger partial charge in [0, 0.05) is 56.7 Å². The van der Waals surface area contributed by atoms with Gasteiger partial charge in [0.2, 0.25) is 5.95 Å². The fourth-order valence-corrected chi connectivity index (χ4v) is 3.65. The van der Waals surface area contributed by atoms with E-state index in [0.29, 0.717) is 0 Å². The zero-order chi connectivity index (χ0) is 17.2. The maximum absolute atomic E-state index is 13.3. The van der Waals surface area contributed by atoms with E-state index in [1.54, 1.807) is 12.1 Å². The minimum Gasteiger partial charge on any atom is -0.338 e. The second-order valence-electron chi connectivity index (χ2n) is 7.00. The Hall–Kier alpha value is -2.05. The van der Waals surface area contributed by atoms with E-state index in [2.05, 4.69) is 32.1 Å². The van der Waals surface area contributed by atoms with E-state index in [-0.39, 0.29) is 11.9 Å². The molecular formula is C19H24FN5. The smallest absolute Gasteiger partial charge is 0.225 e. The van der Waals surface area contributed by atoms with Crippen molar-refractivity contribution >= 4 is 5.95 Å². The molecule has 2 heterocycles. The third kappa shape index (κ3) is 3.65. The zero-order valence-electron chi connectivity index (χ0n) is 14.6. The number of fused-ring (bicyclic) bond motifs is 1. The molecule has 0 bridgehead atoms. The van der Waals surface area contributed by atoms with Gasteiger partial charge in [0.25, 0.3) is 0 Å². The van der Waals surface area contributed by atoms with Gasteiger partial charge < -0.3 is 15.1 Å². The van der Waals surface area contributed by atoms with Crippen LogP contribution in [0.1, 0.15) is 29.2 Å². The van der Waals surface area contributed by atoms with E-state index in [1.165, 1.54) is 5.56 Å². The number of hydrogen-bond donors (Lipinski definition) is 1. The Balaban J connectivity index is 1.35. The molecule has 4 rings (SSSR count). The van der Waals surface area contributed by atoms with Crippen LogP contribution in [0.4, 0.5) is 10.3 Å². The van der Waals surface area contributed by atoms with E-state index in [9.17, 15) is 4.39 Å². The van der Waals surface area contributed by atoms with Crippen LogP contribution in [-0.2, 0) is 13.0 Å². The highest BCUT2D eigenvalue weighted by molar-refractivity contribution is 5.35. The molecule has 1 atom stereocenters. The van der Waals surface area contributed by atoms with Gasteiger partial charge in [-0.2, -0.15) is 0 Å². The average molecular weight is 341 g/mol. The molecule has 1 fully saturated rings. The summed E-state index contributed by atoms with van der Waals surface area (Å²) in [4.78, 5) is 13.6. The molecule has 1 saturated heterocycles. The van der Waals surface area contributed by atoms with Crippen molar-refractivity contribution in [2.24, 2.45) is 0 Å². The molecule has 1 aliphatic carbocycles. The van der Waals surface area contributed by atoms with Crippen molar-refractivity contribution in [3.8, 4) is 0 Å². The molecule has 0 unspecified atom stereocenters. The number of likely N-dealkylation sites (N-methyl/N-ethyl adjacent to an activating group) is 1. The molecule has 0 spiro atoms. The van der Waals surface area contributed by atoms with Crippen molar-refractivity contribution in [2.45, 2.75) is 25.4 Å². The number of hydrogen-bond acceptors (Lipinski definition) is 5. The molecule has 1 N–H and O–H groups in total. The predicted molar refractivity (Wildman–Crippen MR) is 96.0 cm³/mol. The SMILES string of the molecule is CN1CCN(c2ncc(CN[C@@H]3CCc4cc(F)ccc43)cn2)CC1. The fourth-order valence-electron chi connectivity index (χ4n) is 3.65. The summed E-state index contributed by atoms with van der Waals surface area (Å²) in [6.07, 6.45) is 5.77. The molecule has 2 aromatic rings.